The monoisotopic (exact) mass is 1170 g/mol. The second-order valence-electron chi connectivity index (χ2n) is 23.2. The quantitative estimate of drug-likeness (QED) is 0.148. The predicted octanol–water partition coefficient (Wildman–Crippen LogP) is 18.7. The zero-order chi connectivity index (χ0) is 52.6. The summed E-state index contributed by atoms with van der Waals surface area (Å²) in [5.41, 5.74) is 21.4. The zero-order valence-corrected chi connectivity index (χ0v) is 47.6. The number of benzene rings is 8. The Labute approximate surface area is 465 Å². The fourth-order valence-corrected chi connectivity index (χ4v) is 10.6. The Kier molecular flexibility index (Phi) is 13.5. The molecule has 0 spiro atoms. The molecule has 0 saturated heterocycles. The molecule has 382 valence electrons. The molecule has 9 aromatic rings. The maximum absolute atomic E-state index is 10.3. The SMILES string of the molecule is Cc1cccc(C)c1-c1ccnc(N2c3[c-]c(N(c4[c-]c(N5[CH-]N(c6cc(C(C)(C)C)cc(C(C)(C)C)c6)c6ccccc65)cc(C(C)(C)C)c4)c4ccccc4)ccc3-c3ccccc3-c3cc(C#N)ccc32)c1.[Pt]. The van der Waals surface area contributed by atoms with E-state index in [2.05, 4.69) is 278 Å². The summed E-state index contributed by atoms with van der Waals surface area (Å²) in [7, 11) is 0. The van der Waals surface area contributed by atoms with Gasteiger partial charge in [0.1, 0.15) is 5.82 Å². The number of pyridine rings is 1. The molecule has 2 aliphatic rings. The molecule has 2 aliphatic heterocycles. The minimum atomic E-state index is -0.224. The van der Waals surface area contributed by atoms with Crippen molar-refractivity contribution >= 4 is 57.0 Å². The number of anilines is 10. The van der Waals surface area contributed by atoms with Gasteiger partial charge >= 0.3 is 0 Å². The summed E-state index contributed by atoms with van der Waals surface area (Å²) in [5, 5.41) is 10.3. The van der Waals surface area contributed by atoms with E-state index in [0.29, 0.717) is 5.56 Å². The summed E-state index contributed by atoms with van der Waals surface area (Å²) < 4.78 is 0. The third kappa shape index (κ3) is 9.52. The van der Waals surface area contributed by atoms with Crippen LogP contribution in [0, 0.1) is 44.0 Å². The van der Waals surface area contributed by atoms with Gasteiger partial charge in [0, 0.05) is 55.6 Å². The molecule has 76 heavy (non-hydrogen) atoms. The summed E-state index contributed by atoms with van der Waals surface area (Å²) in [4.78, 5) is 14.3. The van der Waals surface area contributed by atoms with E-state index in [-0.39, 0.29) is 37.3 Å². The topological polar surface area (TPSA) is 49.6 Å². The van der Waals surface area contributed by atoms with E-state index in [1.54, 1.807) is 0 Å². The molecule has 0 unspecified atom stereocenters. The van der Waals surface area contributed by atoms with Gasteiger partial charge in [-0.15, -0.1) is 53.8 Å². The minimum Gasteiger partial charge on any atom is -0.493 e. The van der Waals surface area contributed by atoms with E-state index in [9.17, 15) is 5.26 Å². The molecule has 7 heteroatoms. The molecular formula is C69H63N6Pt-3. The molecule has 0 aliphatic carbocycles. The molecule has 0 saturated carbocycles. The maximum Gasteiger partial charge on any atom is 0.136 e. The Bertz CT molecular complexity index is 3670. The number of rotatable bonds is 7. The van der Waals surface area contributed by atoms with Crippen LogP contribution in [-0.2, 0) is 37.3 Å². The Hall–Kier alpha value is -7.71. The number of aromatic nitrogens is 1. The average molecular weight is 1170 g/mol. The van der Waals surface area contributed by atoms with Crippen LogP contribution in [0.1, 0.15) is 95.7 Å². The summed E-state index contributed by atoms with van der Waals surface area (Å²) in [6, 6.07) is 71.0. The third-order valence-electron chi connectivity index (χ3n) is 14.8. The fourth-order valence-electron chi connectivity index (χ4n) is 10.6. The Morgan fingerprint density at radius 1 is 0.526 bits per heavy atom. The molecule has 0 bridgehead atoms. The van der Waals surface area contributed by atoms with Crippen LogP contribution in [0.3, 0.4) is 0 Å². The van der Waals surface area contributed by atoms with Crippen molar-refractivity contribution in [2.75, 3.05) is 19.6 Å². The van der Waals surface area contributed by atoms with Crippen molar-refractivity contribution in [1.82, 2.24) is 4.98 Å². The number of nitrogens with zero attached hydrogens (tertiary/aromatic N) is 6. The van der Waals surface area contributed by atoms with Gasteiger partial charge in [-0.05, 0) is 136 Å². The van der Waals surface area contributed by atoms with Crippen LogP contribution in [-0.4, -0.2) is 4.98 Å². The van der Waals surface area contributed by atoms with Crippen molar-refractivity contribution in [2.24, 2.45) is 0 Å². The first-order chi connectivity index (χ1) is 35.8. The van der Waals surface area contributed by atoms with E-state index < -0.39 is 0 Å². The third-order valence-corrected chi connectivity index (χ3v) is 14.8. The molecule has 3 heterocycles. The number of fused-ring (bicyclic) bond motifs is 6. The standard InChI is InChI=1S/C69H63N6.Pt/c1-45-20-19-21-46(2)66(45)48-32-33-71-65(35-48)75-61-31-28-47(43-70)34-60(61)58-25-16-15-24-57(58)59-30-29-53(42-64(59)75)74(52-22-13-12-14-23-52)56-40-51(69(9,10)11)39-55(41-56)73-44-72(62-26-17-18-27-63(62)73)54-37-49(67(3,4)5)36-50(38-54)68(6,7)8;/h12-40,44H,1-11H3;/q-3;. The van der Waals surface area contributed by atoms with Crippen molar-refractivity contribution < 1.29 is 21.1 Å². The van der Waals surface area contributed by atoms with Crippen LogP contribution >= 0.6 is 0 Å². The zero-order valence-electron chi connectivity index (χ0n) is 45.3. The maximum atomic E-state index is 10.3. The number of nitriles is 1. The van der Waals surface area contributed by atoms with E-state index >= 15 is 0 Å². The predicted molar refractivity (Wildman–Crippen MR) is 313 cm³/mol. The molecule has 1 aromatic heterocycles. The van der Waals surface area contributed by atoms with Gasteiger partial charge in [0.25, 0.3) is 0 Å². The largest absolute Gasteiger partial charge is 0.493 e. The Morgan fingerprint density at radius 3 is 1.78 bits per heavy atom. The van der Waals surface area contributed by atoms with Crippen molar-refractivity contribution in [3.63, 3.8) is 0 Å². The normalized spacial score (nSPS) is 12.9. The smallest absolute Gasteiger partial charge is 0.136 e. The van der Waals surface area contributed by atoms with Crippen LogP contribution in [0.5, 0.6) is 0 Å². The molecule has 8 aromatic carbocycles. The molecule has 0 amide bonds. The number of aryl methyl sites for hydroxylation is 2. The van der Waals surface area contributed by atoms with Gasteiger partial charge in [0.05, 0.1) is 17.3 Å². The molecular weight excluding hydrogens is 1110 g/mol. The van der Waals surface area contributed by atoms with E-state index in [1.165, 1.54) is 33.4 Å². The van der Waals surface area contributed by atoms with Crippen LogP contribution in [0.15, 0.2) is 176 Å². The van der Waals surface area contributed by atoms with Gasteiger partial charge < -0.3 is 19.6 Å². The Morgan fingerprint density at radius 2 is 1.13 bits per heavy atom. The Balaban J connectivity index is 0.00000657. The molecule has 0 atom stereocenters. The molecule has 6 nitrogen and oxygen atoms in total. The summed E-state index contributed by atoms with van der Waals surface area (Å²) in [6.45, 7) is 27.2. The van der Waals surface area contributed by atoms with Crippen LogP contribution in [0.2, 0.25) is 0 Å². The van der Waals surface area contributed by atoms with Crippen LogP contribution < -0.4 is 19.6 Å². The van der Waals surface area contributed by atoms with Crippen LogP contribution in [0.25, 0.3) is 33.4 Å². The fraction of sp³-hybridized carbons (Fsp3) is 0.203. The van der Waals surface area contributed by atoms with Crippen LogP contribution in [0.4, 0.5) is 57.0 Å². The van der Waals surface area contributed by atoms with Gasteiger partial charge in [-0.25, -0.2) is 4.98 Å². The molecule has 0 fully saturated rings. The number of hydrogen-bond donors (Lipinski definition) is 0. The molecule has 11 rings (SSSR count). The van der Waals surface area contributed by atoms with Gasteiger partial charge in [0.15, 0.2) is 0 Å². The molecule has 0 N–H and O–H groups in total. The first kappa shape index (κ1) is 51.8. The second-order valence-corrected chi connectivity index (χ2v) is 23.2. The first-order valence-electron chi connectivity index (χ1n) is 26.0. The minimum absolute atomic E-state index is 0. The van der Waals surface area contributed by atoms with E-state index in [1.807, 2.05) is 18.3 Å². The van der Waals surface area contributed by atoms with Gasteiger partial charge in [-0.2, -0.15) is 11.3 Å². The van der Waals surface area contributed by atoms with Crippen molar-refractivity contribution in [2.45, 2.75) is 92.4 Å². The van der Waals surface area contributed by atoms with Crippen molar-refractivity contribution in [3.8, 4) is 39.4 Å². The second kappa shape index (κ2) is 19.8. The van der Waals surface area contributed by atoms with Gasteiger partial charge in [-0.1, -0.05) is 164 Å². The molecule has 0 radical (unpaired) electrons. The summed E-state index contributed by atoms with van der Waals surface area (Å²) in [5.74, 6) is 0.744. The summed E-state index contributed by atoms with van der Waals surface area (Å²) in [6.07, 6.45) is 1.91. The van der Waals surface area contributed by atoms with Gasteiger partial charge in [-0.3, -0.25) is 0 Å². The van der Waals surface area contributed by atoms with E-state index in [0.717, 1.165) is 84.8 Å². The average Bonchev–Trinajstić information content (AvgIpc) is 3.82. The van der Waals surface area contributed by atoms with Gasteiger partial charge in [0.2, 0.25) is 0 Å². The first-order valence-corrected chi connectivity index (χ1v) is 26.0. The summed E-state index contributed by atoms with van der Waals surface area (Å²) >= 11 is 0. The van der Waals surface area contributed by atoms with Crippen molar-refractivity contribution in [3.05, 3.63) is 228 Å². The van der Waals surface area contributed by atoms with E-state index in [4.69, 9.17) is 4.98 Å². The number of hydrogen-bond acceptors (Lipinski definition) is 6. The number of para-hydroxylation sites is 3. The van der Waals surface area contributed by atoms with Crippen molar-refractivity contribution in [1.29, 1.82) is 5.26 Å².